The number of hydrogen-bond donors (Lipinski definition) is 1. The number of nitrogens with one attached hydrogen (secondary N) is 1. The number of carbonyl (C=O) groups is 2. The lowest BCUT2D eigenvalue weighted by Crippen LogP contribution is -2.29. The van der Waals surface area contributed by atoms with E-state index in [0.29, 0.717) is 15.7 Å². The third kappa shape index (κ3) is 5.32. The minimum Gasteiger partial charge on any atom is -0.449 e. The number of esters is 1. The van der Waals surface area contributed by atoms with Gasteiger partial charge in [0.25, 0.3) is 5.91 Å². The molecule has 6 heteroatoms. The first-order valence-corrected chi connectivity index (χ1v) is 6.28. The highest BCUT2D eigenvalue weighted by Crippen LogP contribution is 2.22. The van der Waals surface area contributed by atoms with E-state index < -0.39 is 18.0 Å². The molecule has 0 saturated heterocycles. The summed E-state index contributed by atoms with van der Waals surface area (Å²) in [6.07, 6.45) is 1.85. The zero-order valence-electron chi connectivity index (χ0n) is 10.4. The second-order valence-corrected chi connectivity index (χ2v) is 4.60. The van der Waals surface area contributed by atoms with Crippen LogP contribution in [0.2, 0.25) is 10.0 Å². The van der Waals surface area contributed by atoms with Crippen molar-refractivity contribution in [3.63, 3.8) is 0 Å². The van der Waals surface area contributed by atoms with Gasteiger partial charge in [0.2, 0.25) is 0 Å². The van der Waals surface area contributed by atoms with Crippen LogP contribution < -0.4 is 5.32 Å². The highest BCUT2D eigenvalue weighted by molar-refractivity contribution is 6.35. The summed E-state index contributed by atoms with van der Waals surface area (Å²) in [5.74, 6) is -1.04. The minimum absolute atomic E-state index is 0.404. The third-order valence-electron chi connectivity index (χ3n) is 2.09. The van der Waals surface area contributed by atoms with Crippen LogP contribution in [0.15, 0.2) is 30.4 Å². The Morgan fingerprint density at radius 1 is 1.26 bits per heavy atom. The van der Waals surface area contributed by atoms with Crippen molar-refractivity contribution in [2.45, 2.75) is 20.0 Å². The van der Waals surface area contributed by atoms with Crippen LogP contribution in [-0.4, -0.2) is 18.0 Å². The van der Waals surface area contributed by atoms with Gasteiger partial charge in [0.05, 0.1) is 0 Å². The highest BCUT2D eigenvalue weighted by atomic mass is 35.5. The molecule has 0 aliphatic carbocycles. The van der Waals surface area contributed by atoms with Crippen molar-refractivity contribution < 1.29 is 14.3 Å². The molecule has 0 saturated carbocycles. The van der Waals surface area contributed by atoms with Gasteiger partial charge in [-0.25, -0.2) is 4.79 Å². The van der Waals surface area contributed by atoms with E-state index in [4.69, 9.17) is 27.9 Å². The molecule has 1 rings (SSSR count). The molecule has 102 valence electrons. The van der Waals surface area contributed by atoms with E-state index in [0.717, 1.165) is 0 Å². The Balaban J connectivity index is 2.66. The second kappa shape index (κ2) is 7.16. The first kappa shape index (κ1) is 15.5. The molecule has 0 aliphatic rings. The number of anilines is 1. The van der Waals surface area contributed by atoms with E-state index in [1.165, 1.54) is 19.1 Å². The normalized spacial score (nSPS) is 12.2. The molecule has 0 spiro atoms. The number of halogens is 2. The van der Waals surface area contributed by atoms with Crippen molar-refractivity contribution in [3.8, 4) is 0 Å². The molecule has 0 radical (unpaired) electrons. The number of allylic oxidation sites excluding steroid dienone is 1. The van der Waals surface area contributed by atoms with Gasteiger partial charge in [0.1, 0.15) is 0 Å². The molecule has 1 N–H and O–H groups in total. The van der Waals surface area contributed by atoms with Crippen molar-refractivity contribution in [3.05, 3.63) is 40.4 Å². The van der Waals surface area contributed by atoms with E-state index in [1.807, 2.05) is 0 Å². The topological polar surface area (TPSA) is 55.4 Å². The first-order valence-electron chi connectivity index (χ1n) is 5.52. The number of benzene rings is 1. The summed E-state index contributed by atoms with van der Waals surface area (Å²) in [6.45, 7) is 3.16. The predicted octanol–water partition coefficient (Wildman–Crippen LogP) is 3.44. The second-order valence-electron chi connectivity index (χ2n) is 3.73. The number of ether oxygens (including phenoxy) is 1. The Morgan fingerprint density at radius 2 is 1.84 bits per heavy atom. The number of amides is 1. The summed E-state index contributed by atoms with van der Waals surface area (Å²) in [4.78, 5) is 23.0. The average Bonchev–Trinajstić information content (AvgIpc) is 2.27. The molecule has 0 bridgehead atoms. The van der Waals surface area contributed by atoms with E-state index in [9.17, 15) is 9.59 Å². The number of rotatable bonds is 4. The van der Waals surface area contributed by atoms with Crippen LogP contribution in [0.5, 0.6) is 0 Å². The summed E-state index contributed by atoms with van der Waals surface area (Å²) in [5, 5.41) is 3.37. The maximum absolute atomic E-state index is 11.8. The largest absolute Gasteiger partial charge is 0.449 e. The van der Waals surface area contributed by atoms with Gasteiger partial charge in [0.15, 0.2) is 6.10 Å². The Hall–Kier alpha value is -1.52. The summed E-state index contributed by atoms with van der Waals surface area (Å²) in [6, 6.07) is 4.64. The maximum atomic E-state index is 11.8. The smallest absolute Gasteiger partial charge is 0.331 e. The van der Waals surface area contributed by atoms with Gasteiger partial charge in [-0.05, 0) is 32.0 Å². The van der Waals surface area contributed by atoms with Crippen molar-refractivity contribution >= 4 is 40.8 Å². The Bertz CT molecular complexity index is 494. The monoisotopic (exact) mass is 301 g/mol. The highest BCUT2D eigenvalue weighted by Gasteiger charge is 2.16. The maximum Gasteiger partial charge on any atom is 0.331 e. The van der Waals surface area contributed by atoms with Gasteiger partial charge in [-0.1, -0.05) is 29.3 Å². The van der Waals surface area contributed by atoms with Crippen molar-refractivity contribution in [2.24, 2.45) is 0 Å². The summed E-state index contributed by atoms with van der Waals surface area (Å²) >= 11 is 11.6. The van der Waals surface area contributed by atoms with E-state index in [1.54, 1.807) is 25.1 Å². The van der Waals surface area contributed by atoms with Gasteiger partial charge < -0.3 is 10.1 Å². The lowest BCUT2D eigenvalue weighted by molar-refractivity contribution is -0.148. The Morgan fingerprint density at radius 3 is 2.37 bits per heavy atom. The van der Waals surface area contributed by atoms with Crippen LogP contribution in [0, 0.1) is 0 Å². The fraction of sp³-hybridized carbons (Fsp3) is 0.231. The molecule has 1 aromatic rings. The van der Waals surface area contributed by atoms with E-state index in [-0.39, 0.29) is 0 Å². The fourth-order valence-corrected chi connectivity index (χ4v) is 1.80. The van der Waals surface area contributed by atoms with E-state index in [2.05, 4.69) is 5.32 Å². The third-order valence-corrected chi connectivity index (χ3v) is 2.53. The van der Waals surface area contributed by atoms with Gasteiger partial charge in [0, 0.05) is 21.8 Å². The van der Waals surface area contributed by atoms with Gasteiger partial charge in [-0.3, -0.25) is 4.79 Å². The molecule has 0 unspecified atom stereocenters. The Kier molecular flexibility index (Phi) is 5.86. The van der Waals surface area contributed by atoms with Crippen LogP contribution in [-0.2, 0) is 14.3 Å². The molecule has 0 heterocycles. The predicted molar refractivity (Wildman–Crippen MR) is 75.5 cm³/mol. The Labute approximate surface area is 121 Å². The molecule has 0 aliphatic heterocycles. The standard InChI is InChI=1S/C13H13Cl2NO3/c1-3-4-12(17)19-8(2)13(18)16-11-6-9(14)5-10(15)7-11/h3-8H,1-2H3,(H,16,18)/b4-3+/t8-/m0/s1. The molecular formula is C13H13Cl2NO3. The fourth-order valence-electron chi connectivity index (χ4n) is 1.27. The van der Waals surface area contributed by atoms with Gasteiger partial charge in [-0.15, -0.1) is 0 Å². The molecule has 4 nitrogen and oxygen atoms in total. The quantitative estimate of drug-likeness (QED) is 0.684. The van der Waals surface area contributed by atoms with Crippen molar-refractivity contribution in [1.29, 1.82) is 0 Å². The average molecular weight is 302 g/mol. The molecule has 1 amide bonds. The van der Waals surface area contributed by atoms with Crippen LogP contribution in [0.25, 0.3) is 0 Å². The van der Waals surface area contributed by atoms with Crippen molar-refractivity contribution in [2.75, 3.05) is 5.32 Å². The van der Waals surface area contributed by atoms with Crippen LogP contribution in [0.3, 0.4) is 0 Å². The zero-order valence-corrected chi connectivity index (χ0v) is 12.0. The van der Waals surface area contributed by atoms with Crippen LogP contribution in [0.4, 0.5) is 5.69 Å². The van der Waals surface area contributed by atoms with Crippen LogP contribution >= 0.6 is 23.2 Å². The lowest BCUT2D eigenvalue weighted by atomic mass is 10.3. The number of hydrogen-bond acceptors (Lipinski definition) is 3. The van der Waals surface area contributed by atoms with Crippen LogP contribution in [0.1, 0.15) is 13.8 Å². The molecule has 19 heavy (non-hydrogen) atoms. The summed E-state index contributed by atoms with van der Waals surface area (Å²) in [7, 11) is 0. The van der Waals surface area contributed by atoms with Crippen molar-refractivity contribution in [1.82, 2.24) is 0 Å². The molecule has 1 aromatic carbocycles. The molecular weight excluding hydrogens is 289 g/mol. The van der Waals surface area contributed by atoms with Gasteiger partial charge in [-0.2, -0.15) is 0 Å². The summed E-state index contributed by atoms with van der Waals surface area (Å²) < 4.78 is 4.88. The number of carbonyl (C=O) groups excluding carboxylic acids is 2. The molecule has 1 atom stereocenters. The molecule has 0 aromatic heterocycles. The lowest BCUT2D eigenvalue weighted by Gasteiger charge is -2.12. The van der Waals surface area contributed by atoms with E-state index >= 15 is 0 Å². The van der Waals surface area contributed by atoms with Gasteiger partial charge >= 0.3 is 5.97 Å². The SMILES string of the molecule is C/C=C/C(=O)O[C@@H](C)C(=O)Nc1cc(Cl)cc(Cl)c1. The first-order chi connectivity index (χ1) is 8.92. The zero-order chi connectivity index (χ0) is 14.4. The minimum atomic E-state index is -0.915. The summed E-state index contributed by atoms with van der Waals surface area (Å²) in [5.41, 5.74) is 0.441. The molecule has 0 fully saturated rings.